The van der Waals surface area contributed by atoms with E-state index in [0.717, 1.165) is 0 Å². The molecule has 2 rings (SSSR count). The average molecular weight is 303 g/mol. The second kappa shape index (κ2) is 5.45. The summed E-state index contributed by atoms with van der Waals surface area (Å²) in [5.74, 6) is -2.02. The fraction of sp³-hybridized carbons (Fsp3) is 0.143. The van der Waals surface area contributed by atoms with Crippen molar-refractivity contribution >= 4 is 23.2 Å². The van der Waals surface area contributed by atoms with E-state index in [2.05, 4.69) is 0 Å². The summed E-state index contributed by atoms with van der Waals surface area (Å²) in [4.78, 5) is 0. The van der Waals surface area contributed by atoms with E-state index in [0.29, 0.717) is 10.6 Å². The summed E-state index contributed by atoms with van der Waals surface area (Å²) in [7, 11) is 0. The molecule has 0 saturated carbocycles. The molecular weight excluding hydrogens is 293 g/mol. The van der Waals surface area contributed by atoms with Crippen molar-refractivity contribution in [3.05, 3.63) is 68.7 Å². The van der Waals surface area contributed by atoms with Crippen molar-refractivity contribution in [2.45, 2.75) is 13.0 Å². The van der Waals surface area contributed by atoms with Crippen molar-refractivity contribution in [2.75, 3.05) is 0 Å². The van der Waals surface area contributed by atoms with Gasteiger partial charge >= 0.3 is 0 Å². The number of hydrogen-bond donors (Lipinski definition) is 1. The molecule has 0 bridgehead atoms. The van der Waals surface area contributed by atoms with Crippen molar-refractivity contribution in [2.24, 2.45) is 0 Å². The monoisotopic (exact) mass is 302 g/mol. The number of aliphatic hydroxyl groups is 1. The van der Waals surface area contributed by atoms with Gasteiger partial charge in [0.2, 0.25) is 0 Å². The first-order valence-corrected chi connectivity index (χ1v) is 6.25. The number of aliphatic hydroxyl groups excluding tert-OH is 1. The SMILES string of the molecule is Cc1ccc(C(O)c2ccc(Cl)c(Cl)c2)c(F)c1F. The molecule has 5 heteroatoms. The second-order valence-electron chi connectivity index (χ2n) is 4.18. The van der Waals surface area contributed by atoms with Crippen LogP contribution < -0.4 is 0 Å². The summed E-state index contributed by atoms with van der Waals surface area (Å²) in [5, 5.41) is 10.7. The van der Waals surface area contributed by atoms with Gasteiger partial charge in [-0.1, -0.05) is 41.4 Å². The number of halogens is 4. The Morgan fingerprint density at radius 3 is 2.32 bits per heavy atom. The lowest BCUT2D eigenvalue weighted by atomic mass is 9.99. The van der Waals surface area contributed by atoms with Crippen LogP contribution >= 0.6 is 23.2 Å². The van der Waals surface area contributed by atoms with Gasteiger partial charge in [-0.3, -0.25) is 0 Å². The number of hydrogen-bond acceptors (Lipinski definition) is 1. The van der Waals surface area contributed by atoms with E-state index in [4.69, 9.17) is 23.2 Å². The number of benzene rings is 2. The molecule has 1 atom stereocenters. The first-order valence-electron chi connectivity index (χ1n) is 5.49. The molecule has 2 aromatic carbocycles. The molecule has 1 nitrogen and oxygen atoms in total. The molecule has 0 saturated heterocycles. The van der Waals surface area contributed by atoms with Crippen LogP contribution in [0, 0.1) is 18.6 Å². The quantitative estimate of drug-likeness (QED) is 0.855. The minimum Gasteiger partial charge on any atom is -0.384 e. The van der Waals surface area contributed by atoms with E-state index in [1.165, 1.54) is 37.3 Å². The fourth-order valence-corrected chi connectivity index (χ4v) is 2.04. The molecule has 19 heavy (non-hydrogen) atoms. The number of rotatable bonds is 2. The second-order valence-corrected chi connectivity index (χ2v) is 4.99. The molecule has 0 fully saturated rings. The van der Waals surface area contributed by atoms with Gasteiger partial charge in [0, 0.05) is 5.56 Å². The summed E-state index contributed by atoms with van der Waals surface area (Å²) < 4.78 is 27.3. The Morgan fingerprint density at radius 1 is 1.00 bits per heavy atom. The third-order valence-corrected chi connectivity index (χ3v) is 3.60. The maximum atomic E-state index is 13.8. The molecule has 0 aliphatic carbocycles. The minimum atomic E-state index is -1.30. The maximum absolute atomic E-state index is 13.8. The lowest BCUT2D eigenvalue weighted by molar-refractivity contribution is 0.213. The third kappa shape index (κ3) is 2.73. The lowest BCUT2D eigenvalue weighted by Crippen LogP contribution is -2.05. The highest BCUT2D eigenvalue weighted by Crippen LogP contribution is 2.31. The lowest BCUT2D eigenvalue weighted by Gasteiger charge is -2.14. The zero-order chi connectivity index (χ0) is 14.2. The predicted molar refractivity (Wildman–Crippen MR) is 71.6 cm³/mol. The van der Waals surface area contributed by atoms with Crippen molar-refractivity contribution in [3.63, 3.8) is 0 Å². The summed E-state index contributed by atoms with van der Waals surface area (Å²) in [6.45, 7) is 1.45. The van der Waals surface area contributed by atoms with Gasteiger partial charge in [-0.2, -0.15) is 0 Å². The molecule has 0 heterocycles. The standard InChI is InChI=1S/C14H10Cl2F2O/c1-7-2-4-9(13(18)12(7)17)14(19)8-3-5-10(15)11(16)6-8/h2-6,14,19H,1H3. The molecule has 0 aliphatic rings. The largest absolute Gasteiger partial charge is 0.384 e. The van der Waals surface area contributed by atoms with Crippen LogP contribution in [0.3, 0.4) is 0 Å². The van der Waals surface area contributed by atoms with Crippen molar-refractivity contribution in [3.8, 4) is 0 Å². The van der Waals surface area contributed by atoms with Gasteiger partial charge in [0.1, 0.15) is 6.10 Å². The summed E-state index contributed by atoms with van der Waals surface area (Å²) in [5.41, 5.74) is 0.389. The third-order valence-electron chi connectivity index (χ3n) is 2.86. The van der Waals surface area contributed by atoms with E-state index in [9.17, 15) is 13.9 Å². The van der Waals surface area contributed by atoms with E-state index in [1.807, 2.05) is 0 Å². The Kier molecular flexibility index (Phi) is 4.09. The average Bonchev–Trinajstić information content (AvgIpc) is 2.39. The Bertz CT molecular complexity index is 629. The van der Waals surface area contributed by atoms with Crippen molar-refractivity contribution in [1.82, 2.24) is 0 Å². The topological polar surface area (TPSA) is 20.2 Å². The highest BCUT2D eigenvalue weighted by Gasteiger charge is 2.19. The maximum Gasteiger partial charge on any atom is 0.165 e. The van der Waals surface area contributed by atoms with E-state index < -0.39 is 17.7 Å². The smallest absolute Gasteiger partial charge is 0.165 e. The molecule has 1 unspecified atom stereocenters. The normalized spacial score (nSPS) is 12.5. The molecule has 0 aliphatic heterocycles. The molecule has 1 N–H and O–H groups in total. The van der Waals surface area contributed by atoms with Crippen LogP contribution in [0.4, 0.5) is 8.78 Å². The van der Waals surface area contributed by atoms with E-state index in [-0.39, 0.29) is 16.1 Å². The van der Waals surface area contributed by atoms with Crippen LogP contribution in [0.25, 0.3) is 0 Å². The Balaban J connectivity index is 2.47. The predicted octanol–water partition coefficient (Wildman–Crippen LogP) is 4.66. The van der Waals surface area contributed by atoms with Gasteiger partial charge in [0.05, 0.1) is 10.0 Å². The van der Waals surface area contributed by atoms with Gasteiger partial charge in [0.15, 0.2) is 11.6 Å². The highest BCUT2D eigenvalue weighted by molar-refractivity contribution is 6.42. The van der Waals surface area contributed by atoms with Crippen LogP contribution in [-0.4, -0.2) is 5.11 Å². The molecule has 0 spiro atoms. The zero-order valence-electron chi connectivity index (χ0n) is 9.92. The molecule has 0 aromatic heterocycles. The zero-order valence-corrected chi connectivity index (χ0v) is 11.4. The summed E-state index contributed by atoms with van der Waals surface area (Å²) in [6.07, 6.45) is -1.30. The highest BCUT2D eigenvalue weighted by atomic mass is 35.5. The van der Waals surface area contributed by atoms with Crippen molar-refractivity contribution in [1.29, 1.82) is 0 Å². The van der Waals surface area contributed by atoms with Crippen LogP contribution in [0.15, 0.2) is 30.3 Å². The van der Waals surface area contributed by atoms with Gasteiger partial charge in [-0.25, -0.2) is 8.78 Å². The summed E-state index contributed by atoms with van der Waals surface area (Å²) >= 11 is 11.6. The van der Waals surface area contributed by atoms with Gasteiger partial charge < -0.3 is 5.11 Å². The van der Waals surface area contributed by atoms with Gasteiger partial charge in [0.25, 0.3) is 0 Å². The van der Waals surface area contributed by atoms with Crippen molar-refractivity contribution < 1.29 is 13.9 Å². The summed E-state index contributed by atoms with van der Waals surface area (Å²) in [6, 6.07) is 7.18. The molecular formula is C14H10Cl2F2O. The van der Waals surface area contributed by atoms with Gasteiger partial charge in [-0.15, -0.1) is 0 Å². The Hall–Kier alpha value is -1.16. The van der Waals surface area contributed by atoms with Crippen LogP contribution in [0.1, 0.15) is 22.8 Å². The Morgan fingerprint density at radius 2 is 1.68 bits per heavy atom. The Labute approximate surface area is 119 Å². The molecule has 100 valence electrons. The molecule has 0 amide bonds. The number of aryl methyl sites for hydroxylation is 1. The van der Waals surface area contributed by atoms with Crippen LogP contribution in [0.2, 0.25) is 10.0 Å². The first kappa shape index (κ1) is 14.3. The van der Waals surface area contributed by atoms with Crippen LogP contribution in [-0.2, 0) is 0 Å². The first-order chi connectivity index (χ1) is 8.91. The van der Waals surface area contributed by atoms with E-state index >= 15 is 0 Å². The minimum absolute atomic E-state index is 0.138. The van der Waals surface area contributed by atoms with Crippen LogP contribution in [0.5, 0.6) is 0 Å². The van der Waals surface area contributed by atoms with Gasteiger partial charge in [-0.05, 0) is 30.2 Å². The molecule has 2 aromatic rings. The van der Waals surface area contributed by atoms with E-state index in [1.54, 1.807) is 0 Å². The molecule has 0 radical (unpaired) electrons. The fourth-order valence-electron chi connectivity index (χ4n) is 1.73.